The molecule has 0 heterocycles. The maximum Gasteiger partial charge on any atom is 0.310 e. The van der Waals surface area contributed by atoms with Gasteiger partial charge in [-0.25, -0.2) is 0 Å². The van der Waals surface area contributed by atoms with E-state index in [1.165, 1.54) is 0 Å². The Hall–Kier alpha value is -3.22. The zero-order valence-electron chi connectivity index (χ0n) is 20.4. The Balaban J connectivity index is 1.78. The van der Waals surface area contributed by atoms with Gasteiger partial charge in [-0.15, -0.1) is 0 Å². The molecule has 0 N–H and O–H groups in total. The highest BCUT2D eigenvalue weighted by Gasteiger charge is 2.46. The molecule has 6 heteroatoms. The van der Waals surface area contributed by atoms with Crippen molar-refractivity contribution in [3.63, 3.8) is 0 Å². The van der Waals surface area contributed by atoms with Crippen LogP contribution in [0.2, 0.25) is 0 Å². The van der Waals surface area contributed by atoms with Crippen LogP contribution in [0.1, 0.15) is 48.9 Å². The molecule has 4 nitrogen and oxygen atoms in total. The number of ether oxygens (including phenoxy) is 2. The predicted molar refractivity (Wildman–Crippen MR) is 151 cm³/mol. The fourth-order valence-electron chi connectivity index (χ4n) is 5.05. The van der Waals surface area contributed by atoms with Crippen LogP contribution in [0.5, 0.6) is 11.5 Å². The van der Waals surface area contributed by atoms with Gasteiger partial charge in [0.1, 0.15) is 11.5 Å². The average Bonchev–Trinajstić information content (AvgIpc) is 3.22. The van der Waals surface area contributed by atoms with Gasteiger partial charge in [0.15, 0.2) is 0 Å². The molecule has 0 aromatic heterocycles. The Labute approximate surface area is 232 Å². The number of hydrogen-bond acceptors (Lipinski definition) is 4. The van der Waals surface area contributed by atoms with E-state index in [4.69, 9.17) is 9.47 Å². The summed E-state index contributed by atoms with van der Waals surface area (Å²) in [5.41, 5.74) is 5.98. The highest BCUT2D eigenvalue weighted by molar-refractivity contribution is 9.10. The van der Waals surface area contributed by atoms with Crippen LogP contribution in [0.3, 0.4) is 0 Å². The van der Waals surface area contributed by atoms with E-state index in [-0.39, 0.29) is 11.9 Å². The smallest absolute Gasteiger partial charge is 0.310 e. The molecule has 0 spiro atoms. The minimum Gasteiger partial charge on any atom is -0.425 e. The first-order chi connectivity index (χ1) is 17.9. The van der Waals surface area contributed by atoms with Gasteiger partial charge in [-0.2, -0.15) is 0 Å². The monoisotopic (exact) mass is 618 g/mol. The number of rotatable bonds is 6. The normalized spacial score (nSPS) is 13.0. The largest absolute Gasteiger partial charge is 0.425 e. The van der Waals surface area contributed by atoms with Gasteiger partial charge < -0.3 is 9.47 Å². The lowest BCUT2D eigenvalue weighted by atomic mass is 9.67. The molecule has 0 saturated heterocycles. The second-order valence-corrected chi connectivity index (χ2v) is 10.5. The molecule has 186 valence electrons. The molecule has 37 heavy (non-hydrogen) atoms. The Morgan fingerprint density at radius 1 is 0.649 bits per heavy atom. The van der Waals surface area contributed by atoms with Crippen molar-refractivity contribution < 1.29 is 19.1 Å². The van der Waals surface area contributed by atoms with E-state index in [0.29, 0.717) is 33.3 Å². The van der Waals surface area contributed by atoms with Gasteiger partial charge in [0, 0.05) is 12.8 Å². The van der Waals surface area contributed by atoms with Crippen LogP contribution >= 0.6 is 31.9 Å². The number of carbonyl (C=O) groups is 2. The molecule has 4 aromatic rings. The predicted octanol–water partition coefficient (Wildman–Crippen LogP) is 8.21. The third-order valence-electron chi connectivity index (χ3n) is 6.71. The van der Waals surface area contributed by atoms with Gasteiger partial charge in [0.2, 0.25) is 0 Å². The molecular weight excluding hydrogens is 596 g/mol. The molecular formula is C31H24Br2O4. The summed E-state index contributed by atoms with van der Waals surface area (Å²) in [5, 5.41) is 0. The Morgan fingerprint density at radius 3 is 1.43 bits per heavy atom. The van der Waals surface area contributed by atoms with Crippen molar-refractivity contribution >= 4 is 43.8 Å². The number of carbonyl (C=O) groups excluding carboxylic acids is 2. The molecule has 0 fully saturated rings. The third-order valence-corrected chi connectivity index (χ3v) is 7.95. The fraction of sp³-hybridized carbons (Fsp3) is 0.161. The molecule has 0 bridgehead atoms. The van der Waals surface area contributed by atoms with E-state index in [1.54, 1.807) is 13.8 Å². The first-order valence-corrected chi connectivity index (χ1v) is 13.7. The zero-order valence-corrected chi connectivity index (χ0v) is 23.6. The van der Waals surface area contributed by atoms with E-state index >= 15 is 0 Å². The second kappa shape index (κ2) is 10.3. The SMILES string of the molecule is CCC(=O)Oc1ccc(C2(c3ccc(OC(=O)CC)c(Br)c3)c3ccccc3-c3ccccc32)cc1Br. The minimum atomic E-state index is -0.654. The van der Waals surface area contributed by atoms with Gasteiger partial charge in [0.25, 0.3) is 0 Å². The molecule has 1 aliphatic rings. The lowest BCUT2D eigenvalue weighted by Crippen LogP contribution is -2.28. The van der Waals surface area contributed by atoms with Crippen LogP contribution in [0.25, 0.3) is 11.1 Å². The summed E-state index contributed by atoms with van der Waals surface area (Å²) in [6, 6.07) is 28.6. The standard InChI is InChI=1S/C31H24Br2O4/c1-3-29(34)36-27-15-13-19(17-25(27)32)31(20-14-16-28(26(33)18-20)37-30(35)4-2)23-11-7-5-9-21(23)22-10-6-8-12-24(22)31/h5-18H,3-4H2,1-2H3. The Kier molecular flexibility index (Phi) is 7.06. The number of esters is 2. The Bertz CT molecular complexity index is 1410. The molecule has 0 unspecified atom stereocenters. The molecule has 0 atom stereocenters. The molecule has 0 saturated carbocycles. The number of fused-ring (bicyclic) bond motifs is 3. The van der Waals surface area contributed by atoms with E-state index in [2.05, 4.69) is 80.4 Å². The fourth-order valence-corrected chi connectivity index (χ4v) is 5.97. The van der Waals surface area contributed by atoms with E-state index in [1.807, 2.05) is 36.4 Å². The molecule has 0 radical (unpaired) electrons. The number of benzene rings is 4. The summed E-state index contributed by atoms with van der Waals surface area (Å²) in [5.74, 6) is 0.378. The topological polar surface area (TPSA) is 52.6 Å². The third kappa shape index (κ3) is 4.32. The highest BCUT2D eigenvalue weighted by Crippen LogP contribution is 2.57. The van der Waals surface area contributed by atoms with Crippen molar-refractivity contribution in [1.82, 2.24) is 0 Å². The maximum atomic E-state index is 12.0. The van der Waals surface area contributed by atoms with Crippen molar-refractivity contribution in [3.05, 3.63) is 116 Å². The summed E-state index contributed by atoms with van der Waals surface area (Å²) in [6.07, 6.45) is 0.587. The van der Waals surface area contributed by atoms with Crippen molar-refractivity contribution in [2.45, 2.75) is 32.1 Å². The van der Waals surface area contributed by atoms with Gasteiger partial charge in [-0.1, -0.05) is 74.5 Å². The average molecular weight is 620 g/mol. The zero-order chi connectivity index (χ0) is 26.2. The number of hydrogen-bond donors (Lipinski definition) is 0. The van der Waals surface area contributed by atoms with E-state index in [9.17, 15) is 9.59 Å². The second-order valence-electron chi connectivity index (χ2n) is 8.79. The summed E-state index contributed by atoms with van der Waals surface area (Å²) in [6.45, 7) is 3.54. The van der Waals surface area contributed by atoms with Gasteiger partial charge >= 0.3 is 11.9 Å². The first kappa shape index (κ1) is 25.4. The van der Waals surface area contributed by atoms with Crippen molar-refractivity contribution in [2.75, 3.05) is 0 Å². The summed E-state index contributed by atoms with van der Waals surface area (Å²) in [4.78, 5) is 23.9. The van der Waals surface area contributed by atoms with E-state index in [0.717, 1.165) is 33.4 Å². The maximum absolute atomic E-state index is 12.0. The summed E-state index contributed by atoms with van der Waals surface area (Å²) >= 11 is 7.29. The molecule has 4 aromatic carbocycles. The van der Waals surface area contributed by atoms with Crippen LogP contribution in [-0.4, -0.2) is 11.9 Å². The lowest BCUT2D eigenvalue weighted by Gasteiger charge is -2.34. The van der Waals surface area contributed by atoms with Crippen molar-refractivity contribution in [3.8, 4) is 22.6 Å². The molecule has 1 aliphatic carbocycles. The Morgan fingerprint density at radius 2 is 1.05 bits per heavy atom. The molecule has 0 amide bonds. The van der Waals surface area contributed by atoms with Gasteiger partial charge in [-0.05, 0) is 89.5 Å². The van der Waals surface area contributed by atoms with Crippen molar-refractivity contribution in [1.29, 1.82) is 0 Å². The van der Waals surface area contributed by atoms with Crippen molar-refractivity contribution in [2.24, 2.45) is 0 Å². The highest BCUT2D eigenvalue weighted by atomic mass is 79.9. The van der Waals surface area contributed by atoms with Crippen LogP contribution in [0.4, 0.5) is 0 Å². The van der Waals surface area contributed by atoms with Gasteiger partial charge in [-0.3, -0.25) is 9.59 Å². The van der Waals surface area contributed by atoms with Crippen LogP contribution in [-0.2, 0) is 15.0 Å². The molecule has 5 rings (SSSR count). The van der Waals surface area contributed by atoms with Gasteiger partial charge in [0.05, 0.1) is 14.4 Å². The minimum absolute atomic E-state index is 0.291. The lowest BCUT2D eigenvalue weighted by molar-refractivity contribution is -0.135. The summed E-state index contributed by atoms with van der Waals surface area (Å²) < 4.78 is 12.5. The molecule has 0 aliphatic heterocycles. The van der Waals surface area contributed by atoms with E-state index < -0.39 is 5.41 Å². The summed E-state index contributed by atoms with van der Waals surface area (Å²) in [7, 11) is 0. The quantitative estimate of drug-likeness (QED) is 0.142. The van der Waals surface area contributed by atoms with Crippen LogP contribution < -0.4 is 9.47 Å². The first-order valence-electron chi connectivity index (χ1n) is 12.1. The number of halogens is 2. The van der Waals surface area contributed by atoms with Crippen LogP contribution in [0, 0.1) is 0 Å². The van der Waals surface area contributed by atoms with Crippen LogP contribution in [0.15, 0.2) is 93.9 Å².